The van der Waals surface area contributed by atoms with Crippen LogP contribution in [0.4, 0.5) is 0 Å². The van der Waals surface area contributed by atoms with Gasteiger partial charge in [-0.2, -0.15) is 0 Å². The molecular formula is C17H19N3O4. The van der Waals surface area contributed by atoms with Crippen LogP contribution in [0.3, 0.4) is 0 Å². The van der Waals surface area contributed by atoms with Crippen LogP contribution in [0.2, 0.25) is 0 Å². The molecule has 7 nitrogen and oxygen atoms in total. The normalized spacial score (nSPS) is 14.7. The number of phenolic OH excluding ortho intramolecular Hbond substituents is 1. The zero-order chi connectivity index (χ0) is 17.1. The Morgan fingerprint density at radius 2 is 1.71 bits per heavy atom. The second-order valence-corrected chi connectivity index (χ2v) is 5.61. The number of para-hydroxylation sites is 1. The van der Waals surface area contributed by atoms with Crippen LogP contribution >= 0.6 is 0 Å². The van der Waals surface area contributed by atoms with Crippen molar-refractivity contribution in [1.82, 2.24) is 9.80 Å². The number of nitrogens with zero attached hydrogens (tertiary/aromatic N) is 2. The van der Waals surface area contributed by atoms with Gasteiger partial charge in [-0.25, -0.2) is 0 Å². The number of hydrogen-bond donors (Lipinski definition) is 2. The third-order valence-electron chi connectivity index (χ3n) is 4.09. The minimum absolute atomic E-state index is 0.0336. The molecule has 2 aromatic rings. The van der Waals surface area contributed by atoms with E-state index < -0.39 is 0 Å². The molecule has 0 bridgehead atoms. The average Bonchev–Trinajstić information content (AvgIpc) is 3.10. The summed E-state index contributed by atoms with van der Waals surface area (Å²) >= 11 is 0. The second kappa shape index (κ2) is 6.76. The number of rotatable bonds is 3. The summed E-state index contributed by atoms with van der Waals surface area (Å²) in [5.41, 5.74) is 6.22. The number of phenols is 1. The van der Waals surface area contributed by atoms with Gasteiger partial charge in [0.1, 0.15) is 17.8 Å². The van der Waals surface area contributed by atoms with Gasteiger partial charge in [0.05, 0.1) is 17.7 Å². The number of benzene rings is 1. The summed E-state index contributed by atoms with van der Waals surface area (Å²) in [6.07, 6.45) is 1.41. The van der Waals surface area contributed by atoms with Gasteiger partial charge in [0, 0.05) is 26.2 Å². The molecule has 1 aromatic heterocycles. The minimum atomic E-state index is -0.228. The molecule has 2 amide bonds. The van der Waals surface area contributed by atoms with Crippen molar-refractivity contribution >= 4 is 11.8 Å². The van der Waals surface area contributed by atoms with Gasteiger partial charge in [-0.15, -0.1) is 0 Å². The van der Waals surface area contributed by atoms with Gasteiger partial charge in [0.15, 0.2) is 0 Å². The van der Waals surface area contributed by atoms with E-state index in [9.17, 15) is 14.7 Å². The summed E-state index contributed by atoms with van der Waals surface area (Å²) < 4.78 is 5.19. The van der Waals surface area contributed by atoms with Gasteiger partial charge >= 0.3 is 0 Å². The third kappa shape index (κ3) is 3.11. The first-order chi connectivity index (χ1) is 11.6. The zero-order valence-corrected chi connectivity index (χ0v) is 13.1. The van der Waals surface area contributed by atoms with Crippen molar-refractivity contribution in [3.63, 3.8) is 0 Å². The molecule has 3 N–H and O–H groups in total. The highest BCUT2D eigenvalue weighted by Crippen LogP contribution is 2.19. The Kier molecular flexibility index (Phi) is 4.52. The van der Waals surface area contributed by atoms with Crippen LogP contribution < -0.4 is 5.73 Å². The molecule has 2 heterocycles. The van der Waals surface area contributed by atoms with Gasteiger partial charge in [-0.1, -0.05) is 12.1 Å². The fraction of sp³-hybridized carbons (Fsp3) is 0.294. The van der Waals surface area contributed by atoms with E-state index in [-0.39, 0.29) is 29.7 Å². The van der Waals surface area contributed by atoms with E-state index in [4.69, 9.17) is 10.2 Å². The van der Waals surface area contributed by atoms with Gasteiger partial charge in [0.2, 0.25) is 0 Å². The van der Waals surface area contributed by atoms with Gasteiger partial charge in [-0.05, 0) is 18.2 Å². The Morgan fingerprint density at radius 3 is 2.29 bits per heavy atom. The van der Waals surface area contributed by atoms with Crippen molar-refractivity contribution in [2.75, 3.05) is 26.2 Å². The van der Waals surface area contributed by atoms with Crippen LogP contribution in [0.5, 0.6) is 5.75 Å². The topological polar surface area (TPSA) is 100 Å². The number of hydrogen-bond acceptors (Lipinski definition) is 5. The monoisotopic (exact) mass is 329 g/mol. The number of carbonyl (C=O) groups excluding carboxylic acids is 2. The maximum Gasteiger partial charge on any atom is 0.257 e. The smallest absolute Gasteiger partial charge is 0.257 e. The largest absolute Gasteiger partial charge is 0.507 e. The molecule has 0 unspecified atom stereocenters. The van der Waals surface area contributed by atoms with Crippen LogP contribution in [0, 0.1) is 0 Å². The molecule has 1 saturated heterocycles. The number of furan rings is 1. The Hall–Kier alpha value is -2.80. The summed E-state index contributed by atoms with van der Waals surface area (Å²) in [7, 11) is 0. The first-order valence-electron chi connectivity index (χ1n) is 7.74. The Balaban J connectivity index is 1.62. The fourth-order valence-electron chi connectivity index (χ4n) is 2.72. The lowest BCUT2D eigenvalue weighted by atomic mass is 10.1. The second-order valence-electron chi connectivity index (χ2n) is 5.61. The predicted octanol–water partition coefficient (Wildman–Crippen LogP) is 1.04. The number of aromatic hydroxyl groups is 1. The lowest BCUT2D eigenvalue weighted by molar-refractivity contribution is 0.0533. The summed E-state index contributed by atoms with van der Waals surface area (Å²) in [5, 5.41) is 9.79. The van der Waals surface area contributed by atoms with E-state index in [2.05, 4.69) is 0 Å². The number of amides is 2. The quantitative estimate of drug-likeness (QED) is 0.876. The first kappa shape index (κ1) is 16.1. The van der Waals surface area contributed by atoms with Crippen LogP contribution in [0.1, 0.15) is 26.5 Å². The van der Waals surface area contributed by atoms with Crippen LogP contribution in [-0.2, 0) is 6.54 Å². The van der Waals surface area contributed by atoms with Crippen molar-refractivity contribution in [2.45, 2.75) is 6.54 Å². The first-order valence-corrected chi connectivity index (χ1v) is 7.74. The minimum Gasteiger partial charge on any atom is -0.507 e. The third-order valence-corrected chi connectivity index (χ3v) is 4.09. The molecule has 1 aromatic carbocycles. The fourth-order valence-corrected chi connectivity index (χ4v) is 2.72. The Bertz CT molecular complexity index is 748. The molecule has 7 heteroatoms. The summed E-state index contributed by atoms with van der Waals surface area (Å²) in [5.74, 6) is 0.169. The molecular weight excluding hydrogens is 310 g/mol. The highest BCUT2D eigenvalue weighted by atomic mass is 16.3. The lowest BCUT2D eigenvalue weighted by Gasteiger charge is -2.34. The van der Waals surface area contributed by atoms with Crippen molar-refractivity contribution in [1.29, 1.82) is 0 Å². The standard InChI is InChI=1S/C17H19N3O4/c18-10-13-9-12(11-24-13)16(22)19-5-7-20(8-6-19)17(23)14-3-1-2-4-15(14)21/h1-4,9,11,21H,5-8,10,18H2. The van der Waals surface area contributed by atoms with Crippen molar-refractivity contribution in [3.8, 4) is 5.75 Å². The zero-order valence-electron chi connectivity index (χ0n) is 13.1. The van der Waals surface area contributed by atoms with E-state index in [1.54, 1.807) is 34.1 Å². The number of nitrogens with two attached hydrogens (primary N) is 1. The highest BCUT2D eigenvalue weighted by Gasteiger charge is 2.27. The SMILES string of the molecule is NCc1cc(C(=O)N2CCN(C(=O)c3ccccc3O)CC2)co1. The lowest BCUT2D eigenvalue weighted by Crippen LogP contribution is -2.50. The van der Waals surface area contributed by atoms with Crippen molar-refractivity contribution in [3.05, 3.63) is 53.5 Å². The molecule has 1 aliphatic heterocycles. The molecule has 0 aliphatic carbocycles. The van der Waals surface area contributed by atoms with Crippen LogP contribution in [-0.4, -0.2) is 52.9 Å². The molecule has 0 atom stereocenters. The summed E-state index contributed by atoms with van der Waals surface area (Å²) in [4.78, 5) is 28.2. The molecule has 1 aliphatic rings. The van der Waals surface area contributed by atoms with Gasteiger partial charge < -0.3 is 25.1 Å². The molecule has 126 valence electrons. The molecule has 3 rings (SSSR count). The van der Waals surface area contributed by atoms with E-state index in [1.807, 2.05) is 0 Å². The maximum absolute atomic E-state index is 12.4. The van der Waals surface area contributed by atoms with Crippen LogP contribution in [0.15, 0.2) is 41.0 Å². The molecule has 0 spiro atoms. The Labute approximate surface area is 139 Å². The van der Waals surface area contributed by atoms with Crippen LogP contribution in [0.25, 0.3) is 0 Å². The van der Waals surface area contributed by atoms with Crippen molar-refractivity contribution in [2.24, 2.45) is 5.73 Å². The van der Waals surface area contributed by atoms with Crippen molar-refractivity contribution < 1.29 is 19.1 Å². The molecule has 24 heavy (non-hydrogen) atoms. The Morgan fingerprint density at radius 1 is 1.08 bits per heavy atom. The van der Waals surface area contributed by atoms with E-state index >= 15 is 0 Å². The van der Waals surface area contributed by atoms with E-state index in [1.165, 1.54) is 12.3 Å². The molecule has 0 radical (unpaired) electrons. The van der Waals surface area contributed by atoms with Gasteiger partial charge in [0.25, 0.3) is 11.8 Å². The highest BCUT2D eigenvalue weighted by molar-refractivity contribution is 5.97. The van der Waals surface area contributed by atoms with Gasteiger partial charge in [-0.3, -0.25) is 9.59 Å². The van der Waals surface area contributed by atoms with E-state index in [0.29, 0.717) is 37.5 Å². The number of carbonyl (C=O) groups is 2. The summed E-state index contributed by atoms with van der Waals surface area (Å²) in [6, 6.07) is 8.10. The number of piperazine rings is 1. The summed E-state index contributed by atoms with van der Waals surface area (Å²) in [6.45, 7) is 1.94. The predicted molar refractivity (Wildman–Crippen MR) is 86.5 cm³/mol. The maximum atomic E-state index is 12.4. The average molecular weight is 329 g/mol. The van der Waals surface area contributed by atoms with E-state index in [0.717, 1.165) is 0 Å². The molecule has 1 fully saturated rings. The molecule has 0 saturated carbocycles.